The fourth-order valence-corrected chi connectivity index (χ4v) is 5.65. The van der Waals surface area contributed by atoms with Gasteiger partial charge in [0.15, 0.2) is 0 Å². The number of nitrogens with zero attached hydrogens (tertiary/aromatic N) is 3. The van der Waals surface area contributed by atoms with Gasteiger partial charge in [-0.15, -0.1) is 0 Å². The average molecular weight is 429 g/mol. The van der Waals surface area contributed by atoms with Gasteiger partial charge in [0.25, 0.3) is 10.2 Å². The fraction of sp³-hybridized carbons (Fsp3) is 0.632. The molecule has 1 aliphatic carbocycles. The molecule has 28 heavy (non-hydrogen) atoms. The van der Waals surface area contributed by atoms with Gasteiger partial charge in [0.2, 0.25) is 5.91 Å². The maximum Gasteiger partial charge on any atom is 0.282 e. The number of halogens is 1. The van der Waals surface area contributed by atoms with Crippen molar-refractivity contribution in [1.82, 2.24) is 13.5 Å². The van der Waals surface area contributed by atoms with Gasteiger partial charge in [-0.25, -0.2) is 0 Å². The quantitative estimate of drug-likeness (QED) is 0.755. The zero-order valence-electron chi connectivity index (χ0n) is 16.3. The van der Waals surface area contributed by atoms with Gasteiger partial charge >= 0.3 is 0 Å². The lowest BCUT2D eigenvalue weighted by atomic mass is 9.96. The molecule has 2 fully saturated rings. The molecule has 156 valence electrons. The molecule has 2 aliphatic rings. The topological polar surface area (TPSA) is 73.0 Å². The summed E-state index contributed by atoms with van der Waals surface area (Å²) in [5, 5.41) is 3.31. The van der Waals surface area contributed by atoms with E-state index < -0.39 is 10.2 Å². The molecule has 0 radical (unpaired) electrons. The van der Waals surface area contributed by atoms with Gasteiger partial charge in [-0.1, -0.05) is 43.0 Å². The third kappa shape index (κ3) is 5.24. The van der Waals surface area contributed by atoms with E-state index in [2.05, 4.69) is 5.32 Å². The van der Waals surface area contributed by atoms with Crippen LogP contribution in [0.4, 0.5) is 5.69 Å². The number of anilines is 1. The van der Waals surface area contributed by atoms with Crippen molar-refractivity contribution in [3.05, 3.63) is 29.3 Å². The Labute approximate surface area is 172 Å². The number of amides is 1. The van der Waals surface area contributed by atoms with E-state index in [4.69, 9.17) is 11.6 Å². The standard InChI is InChI=1S/C19H29ClN4O3S/c1-22(16-7-3-2-4-8-16)28(26,27)24-13-11-23(12-14-24)15-19(25)21-18-10-6-5-9-17(18)20/h5-6,9-10,16H,2-4,7-8,11-15H2,1H3,(H,21,25). The third-order valence-corrected chi connectivity index (χ3v) is 8.00. The molecule has 1 heterocycles. The molecule has 7 nitrogen and oxygen atoms in total. The molecule has 0 bridgehead atoms. The van der Waals surface area contributed by atoms with E-state index in [1.807, 2.05) is 17.0 Å². The van der Waals surface area contributed by atoms with Crippen molar-refractivity contribution in [1.29, 1.82) is 0 Å². The van der Waals surface area contributed by atoms with E-state index in [1.54, 1.807) is 27.8 Å². The molecule has 1 aromatic carbocycles. The second kappa shape index (κ2) is 9.54. The summed E-state index contributed by atoms with van der Waals surface area (Å²) in [4.78, 5) is 14.2. The first-order valence-corrected chi connectivity index (χ1v) is 11.7. The predicted molar refractivity (Wildman–Crippen MR) is 112 cm³/mol. The molecule has 0 aromatic heterocycles. The second-order valence-electron chi connectivity index (χ2n) is 7.52. The summed E-state index contributed by atoms with van der Waals surface area (Å²) in [6, 6.07) is 7.21. The highest BCUT2D eigenvalue weighted by atomic mass is 35.5. The van der Waals surface area contributed by atoms with E-state index in [-0.39, 0.29) is 18.5 Å². The molecule has 0 spiro atoms. The molecule has 3 rings (SSSR count). The van der Waals surface area contributed by atoms with Crippen LogP contribution < -0.4 is 5.32 Å². The Balaban J connectivity index is 1.49. The zero-order chi connectivity index (χ0) is 20.1. The van der Waals surface area contributed by atoms with E-state index in [0.717, 1.165) is 25.7 Å². The molecule has 1 saturated heterocycles. The Morgan fingerprint density at radius 2 is 1.79 bits per heavy atom. The summed E-state index contributed by atoms with van der Waals surface area (Å²) in [7, 11) is -1.74. The lowest BCUT2D eigenvalue weighted by Crippen LogP contribution is -2.55. The van der Waals surface area contributed by atoms with Gasteiger partial charge in [0.05, 0.1) is 17.3 Å². The minimum absolute atomic E-state index is 0.109. The molecule has 0 unspecified atom stereocenters. The van der Waals surface area contributed by atoms with Crippen LogP contribution in [0.2, 0.25) is 5.02 Å². The van der Waals surface area contributed by atoms with Crippen molar-refractivity contribution in [2.24, 2.45) is 0 Å². The van der Waals surface area contributed by atoms with Crippen molar-refractivity contribution in [3.8, 4) is 0 Å². The molecular weight excluding hydrogens is 400 g/mol. The lowest BCUT2D eigenvalue weighted by molar-refractivity contribution is -0.117. The van der Waals surface area contributed by atoms with Gasteiger partial charge in [0.1, 0.15) is 0 Å². The highest BCUT2D eigenvalue weighted by Crippen LogP contribution is 2.25. The minimum Gasteiger partial charge on any atom is -0.324 e. The lowest BCUT2D eigenvalue weighted by Gasteiger charge is -2.38. The highest BCUT2D eigenvalue weighted by Gasteiger charge is 2.34. The van der Waals surface area contributed by atoms with E-state index in [1.165, 1.54) is 6.42 Å². The molecular formula is C19H29ClN4O3S. The number of rotatable bonds is 6. The Morgan fingerprint density at radius 1 is 1.14 bits per heavy atom. The van der Waals surface area contributed by atoms with Crippen LogP contribution in [0.15, 0.2) is 24.3 Å². The molecule has 1 amide bonds. The number of nitrogens with one attached hydrogen (secondary N) is 1. The van der Waals surface area contributed by atoms with Crippen LogP contribution in [0.1, 0.15) is 32.1 Å². The van der Waals surface area contributed by atoms with E-state index >= 15 is 0 Å². The molecule has 1 saturated carbocycles. The third-order valence-electron chi connectivity index (χ3n) is 5.63. The summed E-state index contributed by atoms with van der Waals surface area (Å²) in [5.41, 5.74) is 0.587. The van der Waals surface area contributed by atoms with Gasteiger partial charge < -0.3 is 5.32 Å². The normalized spacial score (nSPS) is 20.4. The first kappa shape index (κ1) is 21.5. The van der Waals surface area contributed by atoms with Crippen molar-refractivity contribution in [2.75, 3.05) is 45.1 Å². The largest absolute Gasteiger partial charge is 0.324 e. The van der Waals surface area contributed by atoms with Gasteiger partial charge in [-0.3, -0.25) is 9.69 Å². The number of carbonyl (C=O) groups is 1. The van der Waals surface area contributed by atoms with Gasteiger partial charge in [0, 0.05) is 39.3 Å². The van der Waals surface area contributed by atoms with Crippen LogP contribution in [-0.2, 0) is 15.0 Å². The highest BCUT2D eigenvalue weighted by molar-refractivity contribution is 7.86. The predicted octanol–water partition coefficient (Wildman–Crippen LogP) is 2.41. The molecule has 1 N–H and O–H groups in total. The summed E-state index contributed by atoms with van der Waals surface area (Å²) in [6.07, 6.45) is 5.27. The van der Waals surface area contributed by atoms with Crippen LogP contribution >= 0.6 is 11.6 Å². The summed E-state index contributed by atoms with van der Waals surface area (Å²) >= 11 is 6.07. The number of hydrogen-bond acceptors (Lipinski definition) is 4. The Bertz CT molecular complexity index is 775. The maximum absolute atomic E-state index is 12.9. The van der Waals surface area contributed by atoms with Crippen LogP contribution in [0.5, 0.6) is 0 Å². The van der Waals surface area contributed by atoms with Crippen LogP contribution in [0.25, 0.3) is 0 Å². The van der Waals surface area contributed by atoms with E-state index in [9.17, 15) is 13.2 Å². The van der Waals surface area contributed by atoms with Crippen molar-refractivity contribution in [2.45, 2.75) is 38.1 Å². The molecule has 9 heteroatoms. The van der Waals surface area contributed by atoms with Crippen LogP contribution in [0.3, 0.4) is 0 Å². The van der Waals surface area contributed by atoms with Crippen molar-refractivity contribution >= 4 is 33.4 Å². The Kier molecular flexibility index (Phi) is 7.33. The average Bonchev–Trinajstić information content (AvgIpc) is 2.70. The zero-order valence-corrected chi connectivity index (χ0v) is 17.9. The van der Waals surface area contributed by atoms with Crippen molar-refractivity contribution < 1.29 is 13.2 Å². The number of hydrogen-bond donors (Lipinski definition) is 1. The van der Waals surface area contributed by atoms with Crippen molar-refractivity contribution in [3.63, 3.8) is 0 Å². The number of para-hydroxylation sites is 1. The summed E-state index contributed by atoms with van der Waals surface area (Å²) < 4.78 is 29.0. The smallest absolute Gasteiger partial charge is 0.282 e. The monoisotopic (exact) mass is 428 g/mol. The van der Waals surface area contributed by atoms with Gasteiger partial charge in [-0.2, -0.15) is 17.0 Å². The SMILES string of the molecule is CN(C1CCCCC1)S(=O)(=O)N1CCN(CC(=O)Nc2ccccc2Cl)CC1. The van der Waals surface area contributed by atoms with Gasteiger partial charge in [-0.05, 0) is 25.0 Å². The number of carbonyl (C=O) groups excluding carboxylic acids is 1. The first-order chi connectivity index (χ1) is 13.4. The maximum atomic E-state index is 12.9. The minimum atomic E-state index is -3.45. The molecule has 0 atom stereocenters. The second-order valence-corrected chi connectivity index (χ2v) is 9.91. The number of piperazine rings is 1. The number of benzene rings is 1. The van der Waals surface area contributed by atoms with Crippen LogP contribution in [0, 0.1) is 0 Å². The first-order valence-electron chi connectivity index (χ1n) is 9.88. The molecule has 1 aliphatic heterocycles. The Morgan fingerprint density at radius 3 is 2.43 bits per heavy atom. The fourth-order valence-electron chi connectivity index (χ4n) is 3.89. The summed E-state index contributed by atoms with van der Waals surface area (Å²) in [6.45, 7) is 2.09. The Hall–Kier alpha value is -1.19. The summed E-state index contributed by atoms with van der Waals surface area (Å²) in [5.74, 6) is -0.149. The van der Waals surface area contributed by atoms with E-state index in [0.29, 0.717) is 36.9 Å². The molecule has 1 aromatic rings. The van der Waals surface area contributed by atoms with Crippen LogP contribution in [-0.4, -0.2) is 73.6 Å².